The molecular formula is C7H11F5. The van der Waals surface area contributed by atoms with Gasteiger partial charge < -0.3 is 0 Å². The second-order valence-electron chi connectivity index (χ2n) is 2.80. The van der Waals surface area contributed by atoms with Crippen molar-refractivity contribution in [2.75, 3.05) is 0 Å². The third-order valence-corrected chi connectivity index (χ3v) is 1.56. The predicted octanol–water partition coefficient (Wildman–Crippen LogP) is 3.42. The van der Waals surface area contributed by atoms with Gasteiger partial charge in [0.1, 0.15) is 6.17 Å². The van der Waals surface area contributed by atoms with Gasteiger partial charge in [-0.15, -0.1) is 0 Å². The van der Waals surface area contributed by atoms with Crippen molar-refractivity contribution in [1.29, 1.82) is 0 Å². The zero-order valence-electron chi connectivity index (χ0n) is 6.88. The molecule has 0 radical (unpaired) electrons. The molecule has 0 amide bonds. The largest absolute Gasteiger partial charge is 0.312 e. The van der Waals surface area contributed by atoms with Gasteiger partial charge in [-0.3, -0.25) is 0 Å². The lowest BCUT2D eigenvalue weighted by molar-refractivity contribution is -0.207. The van der Waals surface area contributed by atoms with Crippen LogP contribution >= 0.6 is 0 Å². The molecular weight excluding hydrogens is 179 g/mol. The molecule has 0 bridgehead atoms. The molecule has 0 rings (SSSR count). The van der Waals surface area contributed by atoms with Crippen molar-refractivity contribution in [3.8, 4) is 0 Å². The summed E-state index contributed by atoms with van der Waals surface area (Å²) in [6.07, 6.45) is -3.45. The molecule has 0 aliphatic heterocycles. The summed E-state index contributed by atoms with van der Waals surface area (Å²) in [6.45, 7) is 1.42. The first kappa shape index (κ1) is 11.6. The smallest absolute Gasteiger partial charge is 0.247 e. The maximum Gasteiger partial charge on any atom is 0.312 e. The lowest BCUT2D eigenvalue weighted by atomic mass is 10.1. The van der Waals surface area contributed by atoms with E-state index >= 15 is 0 Å². The number of rotatable bonds is 4. The van der Waals surface area contributed by atoms with Crippen molar-refractivity contribution >= 4 is 0 Å². The fourth-order valence-electron chi connectivity index (χ4n) is 0.602. The van der Waals surface area contributed by atoms with Crippen molar-refractivity contribution < 1.29 is 22.0 Å². The van der Waals surface area contributed by atoms with Gasteiger partial charge in [-0.05, 0) is 6.42 Å². The highest BCUT2D eigenvalue weighted by Crippen LogP contribution is 2.38. The molecule has 0 aliphatic rings. The van der Waals surface area contributed by atoms with E-state index in [0.29, 0.717) is 0 Å². The van der Waals surface area contributed by atoms with E-state index in [1.807, 2.05) is 0 Å². The molecule has 0 spiro atoms. The monoisotopic (exact) mass is 190 g/mol. The highest BCUT2D eigenvalue weighted by Gasteiger charge is 2.52. The fourth-order valence-corrected chi connectivity index (χ4v) is 0.602. The van der Waals surface area contributed by atoms with Crippen LogP contribution < -0.4 is 0 Å². The summed E-state index contributed by atoms with van der Waals surface area (Å²) in [5.74, 6) is -8.39. The van der Waals surface area contributed by atoms with Crippen LogP contribution in [-0.4, -0.2) is 18.0 Å². The molecule has 74 valence electrons. The molecule has 0 aromatic heterocycles. The zero-order chi connectivity index (χ0) is 9.99. The fraction of sp³-hybridized carbons (Fsp3) is 1.00. The van der Waals surface area contributed by atoms with E-state index in [1.54, 1.807) is 0 Å². The number of halogens is 5. The van der Waals surface area contributed by atoms with E-state index in [-0.39, 0.29) is 13.3 Å². The van der Waals surface area contributed by atoms with Crippen LogP contribution in [-0.2, 0) is 0 Å². The molecule has 0 nitrogen and oxygen atoms in total. The van der Waals surface area contributed by atoms with E-state index in [4.69, 9.17) is 0 Å². The summed E-state index contributed by atoms with van der Waals surface area (Å²) in [5, 5.41) is 0. The average molecular weight is 190 g/mol. The molecule has 0 unspecified atom stereocenters. The summed E-state index contributed by atoms with van der Waals surface area (Å²) in [7, 11) is 0. The van der Waals surface area contributed by atoms with Gasteiger partial charge in [0.25, 0.3) is 0 Å². The van der Waals surface area contributed by atoms with E-state index < -0.39 is 24.4 Å². The van der Waals surface area contributed by atoms with Crippen LogP contribution in [0.1, 0.15) is 26.7 Å². The standard InChI is InChI=1S/C7H11F5/c1-3-5(8)4-7(11,12)6(2,9)10/h5H,3-4H2,1-2H3/t5-/m0/s1. The summed E-state index contributed by atoms with van der Waals surface area (Å²) >= 11 is 0. The molecule has 0 saturated carbocycles. The Morgan fingerprint density at radius 2 is 1.58 bits per heavy atom. The molecule has 1 atom stereocenters. The molecule has 0 fully saturated rings. The summed E-state index contributed by atoms with van der Waals surface area (Å²) in [6, 6.07) is 0. The van der Waals surface area contributed by atoms with Gasteiger partial charge in [-0.2, -0.15) is 8.78 Å². The van der Waals surface area contributed by atoms with Gasteiger partial charge in [0, 0.05) is 13.3 Å². The molecule has 0 aromatic carbocycles. The second-order valence-corrected chi connectivity index (χ2v) is 2.80. The first-order valence-electron chi connectivity index (χ1n) is 3.60. The molecule has 0 N–H and O–H groups in total. The number of hydrogen-bond acceptors (Lipinski definition) is 0. The topological polar surface area (TPSA) is 0 Å². The Labute approximate surface area is 67.8 Å². The first-order chi connectivity index (χ1) is 5.20. The van der Waals surface area contributed by atoms with E-state index in [9.17, 15) is 22.0 Å². The summed E-state index contributed by atoms with van der Waals surface area (Å²) in [5.41, 5.74) is 0. The van der Waals surface area contributed by atoms with Crippen LogP contribution in [0.2, 0.25) is 0 Å². The van der Waals surface area contributed by atoms with E-state index in [0.717, 1.165) is 0 Å². The minimum Gasteiger partial charge on any atom is -0.247 e. The molecule has 5 heteroatoms. The van der Waals surface area contributed by atoms with Crippen LogP contribution in [0.25, 0.3) is 0 Å². The molecule has 0 saturated heterocycles. The Hall–Kier alpha value is -0.350. The highest BCUT2D eigenvalue weighted by molar-refractivity contribution is 4.82. The quantitative estimate of drug-likeness (QED) is 0.596. The van der Waals surface area contributed by atoms with E-state index in [2.05, 4.69) is 0 Å². The van der Waals surface area contributed by atoms with Gasteiger partial charge in [0.15, 0.2) is 0 Å². The van der Waals surface area contributed by atoms with Crippen molar-refractivity contribution in [1.82, 2.24) is 0 Å². The predicted molar refractivity (Wildman–Crippen MR) is 35.4 cm³/mol. The van der Waals surface area contributed by atoms with Crippen LogP contribution in [0.5, 0.6) is 0 Å². The SMILES string of the molecule is CC[C@H](F)CC(F)(F)C(C)(F)F. The Morgan fingerprint density at radius 3 is 1.83 bits per heavy atom. The van der Waals surface area contributed by atoms with Crippen LogP contribution in [0.4, 0.5) is 22.0 Å². The highest BCUT2D eigenvalue weighted by atomic mass is 19.3. The van der Waals surface area contributed by atoms with Crippen LogP contribution in [0, 0.1) is 0 Å². The van der Waals surface area contributed by atoms with Gasteiger partial charge in [0.05, 0.1) is 0 Å². The lowest BCUT2D eigenvalue weighted by Crippen LogP contribution is -2.39. The summed E-state index contributed by atoms with van der Waals surface area (Å²) in [4.78, 5) is 0. The normalized spacial score (nSPS) is 16.2. The van der Waals surface area contributed by atoms with Gasteiger partial charge in [-0.1, -0.05) is 6.92 Å². The molecule has 0 aliphatic carbocycles. The molecule has 0 aromatic rings. The van der Waals surface area contributed by atoms with Gasteiger partial charge >= 0.3 is 11.8 Å². The van der Waals surface area contributed by atoms with Crippen molar-refractivity contribution in [3.05, 3.63) is 0 Å². The lowest BCUT2D eigenvalue weighted by Gasteiger charge is -2.23. The van der Waals surface area contributed by atoms with E-state index in [1.165, 1.54) is 6.92 Å². The Morgan fingerprint density at radius 1 is 1.17 bits per heavy atom. The minimum atomic E-state index is -4.25. The maximum absolute atomic E-state index is 12.4. The number of alkyl halides is 5. The summed E-state index contributed by atoms with van der Waals surface area (Å²) < 4.78 is 61.3. The third-order valence-electron chi connectivity index (χ3n) is 1.56. The first-order valence-corrected chi connectivity index (χ1v) is 3.60. The Bertz CT molecular complexity index is 137. The van der Waals surface area contributed by atoms with Gasteiger partial charge in [-0.25, -0.2) is 13.2 Å². The van der Waals surface area contributed by atoms with Crippen molar-refractivity contribution in [2.45, 2.75) is 44.7 Å². The van der Waals surface area contributed by atoms with Crippen molar-refractivity contribution in [2.24, 2.45) is 0 Å². The number of hydrogen-bond donors (Lipinski definition) is 0. The maximum atomic E-state index is 12.4. The third kappa shape index (κ3) is 2.95. The van der Waals surface area contributed by atoms with Crippen LogP contribution in [0.15, 0.2) is 0 Å². The minimum absolute atomic E-state index is 0.0926. The van der Waals surface area contributed by atoms with Crippen LogP contribution in [0.3, 0.4) is 0 Å². The molecule has 12 heavy (non-hydrogen) atoms. The average Bonchev–Trinajstić information content (AvgIpc) is 1.84. The molecule has 0 heterocycles. The Balaban J connectivity index is 4.22. The second kappa shape index (κ2) is 3.58. The zero-order valence-corrected chi connectivity index (χ0v) is 6.88. The Kier molecular flexibility index (Phi) is 3.47. The van der Waals surface area contributed by atoms with Crippen molar-refractivity contribution in [3.63, 3.8) is 0 Å². The van der Waals surface area contributed by atoms with Gasteiger partial charge in [0.2, 0.25) is 0 Å².